The van der Waals surface area contributed by atoms with Crippen LogP contribution < -0.4 is 8.92 Å². The summed E-state index contributed by atoms with van der Waals surface area (Å²) in [5, 5.41) is 0. The summed E-state index contributed by atoms with van der Waals surface area (Å²) in [7, 11) is -2.87. The number of halogens is 1. The Morgan fingerprint density at radius 3 is 2.24 bits per heavy atom. The van der Waals surface area contributed by atoms with Gasteiger partial charge in [0.15, 0.2) is 0 Å². The van der Waals surface area contributed by atoms with E-state index in [9.17, 15) is 12.3 Å². The highest BCUT2D eigenvalue weighted by Crippen LogP contribution is 2.19. The van der Waals surface area contributed by atoms with Gasteiger partial charge in [0, 0.05) is 32.7 Å². The number of ether oxygens (including phenoxy) is 1. The average Bonchev–Trinajstić information content (AvgIpc) is 2.41. The van der Waals surface area contributed by atoms with Crippen molar-refractivity contribution in [2.45, 2.75) is 0 Å². The van der Waals surface area contributed by atoms with E-state index in [0.29, 0.717) is 12.4 Å². The van der Waals surface area contributed by atoms with E-state index in [1.54, 1.807) is 12.1 Å². The van der Waals surface area contributed by atoms with Gasteiger partial charge in [0.05, 0.1) is 0 Å². The van der Waals surface area contributed by atoms with Gasteiger partial charge in [-0.25, -0.2) is 0 Å². The first-order valence-corrected chi connectivity index (χ1v) is 8.01. The fourth-order valence-corrected chi connectivity index (χ4v) is 2.41. The molecule has 1 heterocycles. The van der Waals surface area contributed by atoms with Crippen molar-refractivity contribution in [1.82, 2.24) is 9.80 Å². The second kappa shape index (κ2) is 7.06. The van der Waals surface area contributed by atoms with Crippen LogP contribution in [0, 0.1) is 0 Å². The van der Waals surface area contributed by atoms with Gasteiger partial charge in [-0.15, -0.1) is 0 Å². The molecule has 118 valence electrons. The second-order valence-corrected chi connectivity index (χ2v) is 5.89. The maximum atomic E-state index is 12.3. The van der Waals surface area contributed by atoms with E-state index >= 15 is 0 Å². The van der Waals surface area contributed by atoms with E-state index in [2.05, 4.69) is 21.0 Å². The number of hydrogen-bond acceptors (Lipinski definition) is 6. The molecule has 6 nitrogen and oxygen atoms in total. The van der Waals surface area contributed by atoms with Gasteiger partial charge in [-0.3, -0.25) is 4.90 Å². The molecule has 8 heteroatoms. The molecule has 1 aliphatic heterocycles. The third-order valence-corrected chi connectivity index (χ3v) is 3.68. The molecule has 1 aliphatic rings. The van der Waals surface area contributed by atoms with Crippen molar-refractivity contribution < 1.29 is 21.2 Å². The van der Waals surface area contributed by atoms with E-state index < -0.39 is 10.5 Å². The van der Waals surface area contributed by atoms with Gasteiger partial charge < -0.3 is 13.8 Å². The SMILES string of the molecule is CN1CCN(CCOc2ccc(OS(=O)(=O)F)cc2)CC1. The molecule has 0 aromatic heterocycles. The van der Waals surface area contributed by atoms with Gasteiger partial charge in [-0.05, 0) is 31.3 Å². The molecule has 0 atom stereocenters. The molecule has 1 saturated heterocycles. The smallest absolute Gasteiger partial charge is 0.488 e. The summed E-state index contributed by atoms with van der Waals surface area (Å²) in [4.78, 5) is 4.61. The van der Waals surface area contributed by atoms with Crippen molar-refractivity contribution >= 4 is 10.5 Å². The number of benzene rings is 1. The first-order valence-electron chi connectivity index (χ1n) is 6.70. The Hall–Kier alpha value is -1.38. The zero-order valence-corrected chi connectivity index (χ0v) is 12.7. The second-order valence-electron chi connectivity index (χ2n) is 4.94. The van der Waals surface area contributed by atoms with Gasteiger partial charge in [0.2, 0.25) is 0 Å². The van der Waals surface area contributed by atoms with Crippen LogP contribution in [0.1, 0.15) is 0 Å². The molecule has 0 aliphatic carbocycles. The van der Waals surface area contributed by atoms with Crippen LogP contribution in [-0.4, -0.2) is 64.6 Å². The predicted molar refractivity (Wildman–Crippen MR) is 76.5 cm³/mol. The third-order valence-electron chi connectivity index (χ3n) is 3.29. The standard InChI is InChI=1S/C13H19FN2O4S/c1-15-6-8-16(9-7-15)10-11-19-12-2-4-13(5-3-12)20-21(14,17)18/h2-5H,6-11H2,1H3. The number of likely N-dealkylation sites (N-methyl/N-ethyl adjacent to an activating group) is 1. The summed E-state index contributed by atoms with van der Waals surface area (Å²) < 4.78 is 42.6. The predicted octanol–water partition coefficient (Wildman–Crippen LogP) is 0.906. The van der Waals surface area contributed by atoms with Crippen LogP contribution >= 0.6 is 0 Å². The Morgan fingerprint density at radius 1 is 1.10 bits per heavy atom. The summed E-state index contributed by atoms with van der Waals surface area (Å²) in [5.74, 6) is 0.511. The first-order chi connectivity index (χ1) is 9.92. The van der Waals surface area contributed by atoms with Crippen molar-refractivity contribution in [2.24, 2.45) is 0 Å². The molecule has 0 amide bonds. The lowest BCUT2D eigenvalue weighted by atomic mass is 10.3. The van der Waals surface area contributed by atoms with Crippen LogP contribution in [0.2, 0.25) is 0 Å². The molecule has 1 fully saturated rings. The molecular weight excluding hydrogens is 299 g/mol. The average molecular weight is 318 g/mol. The lowest BCUT2D eigenvalue weighted by Gasteiger charge is -2.32. The van der Waals surface area contributed by atoms with Gasteiger partial charge in [-0.2, -0.15) is 8.42 Å². The lowest BCUT2D eigenvalue weighted by molar-refractivity contribution is 0.133. The van der Waals surface area contributed by atoms with E-state index in [1.807, 2.05) is 0 Å². The highest BCUT2D eigenvalue weighted by molar-refractivity contribution is 7.81. The van der Waals surface area contributed by atoms with E-state index in [1.165, 1.54) is 12.1 Å². The minimum atomic E-state index is -4.98. The fraction of sp³-hybridized carbons (Fsp3) is 0.538. The van der Waals surface area contributed by atoms with Crippen LogP contribution in [-0.2, 0) is 10.5 Å². The van der Waals surface area contributed by atoms with Gasteiger partial charge >= 0.3 is 10.5 Å². The van der Waals surface area contributed by atoms with Gasteiger partial charge in [-0.1, -0.05) is 3.89 Å². The lowest BCUT2D eigenvalue weighted by Crippen LogP contribution is -2.45. The Labute approximate surface area is 124 Å². The first kappa shape index (κ1) is 16.0. The highest BCUT2D eigenvalue weighted by atomic mass is 32.3. The number of nitrogens with zero attached hydrogens (tertiary/aromatic N) is 2. The summed E-state index contributed by atoms with van der Waals surface area (Å²) in [6.07, 6.45) is 0. The van der Waals surface area contributed by atoms with Gasteiger partial charge in [0.1, 0.15) is 18.1 Å². The van der Waals surface area contributed by atoms with Crippen LogP contribution in [0.15, 0.2) is 24.3 Å². The molecule has 0 radical (unpaired) electrons. The molecule has 2 rings (SSSR count). The normalized spacial score (nSPS) is 17.6. The zero-order chi connectivity index (χ0) is 15.3. The Kier molecular flexibility index (Phi) is 5.38. The summed E-state index contributed by atoms with van der Waals surface area (Å²) >= 11 is 0. The molecular formula is C13H19FN2O4S. The van der Waals surface area contributed by atoms with E-state index in [-0.39, 0.29) is 5.75 Å². The minimum absolute atomic E-state index is 0.0797. The molecule has 1 aromatic rings. The minimum Gasteiger partial charge on any atom is -0.492 e. The molecule has 0 N–H and O–H groups in total. The summed E-state index contributed by atoms with van der Waals surface area (Å²) in [5.41, 5.74) is 0. The van der Waals surface area contributed by atoms with Crippen molar-refractivity contribution in [2.75, 3.05) is 46.4 Å². The largest absolute Gasteiger partial charge is 0.492 e. The summed E-state index contributed by atoms with van der Waals surface area (Å²) in [6.45, 7) is 5.56. The number of piperazine rings is 1. The quantitative estimate of drug-likeness (QED) is 0.727. The van der Waals surface area contributed by atoms with Crippen molar-refractivity contribution in [3.05, 3.63) is 24.3 Å². The maximum absolute atomic E-state index is 12.3. The van der Waals surface area contributed by atoms with E-state index in [4.69, 9.17) is 4.74 Å². The summed E-state index contributed by atoms with van der Waals surface area (Å²) in [6, 6.07) is 5.79. The van der Waals surface area contributed by atoms with Crippen molar-refractivity contribution in [3.8, 4) is 11.5 Å². The maximum Gasteiger partial charge on any atom is 0.488 e. The van der Waals surface area contributed by atoms with Crippen LogP contribution in [0.5, 0.6) is 11.5 Å². The Bertz CT molecular complexity index is 542. The monoisotopic (exact) mass is 318 g/mol. The topological polar surface area (TPSA) is 59.1 Å². The fourth-order valence-electron chi connectivity index (χ4n) is 2.07. The third kappa shape index (κ3) is 5.86. The van der Waals surface area contributed by atoms with Crippen molar-refractivity contribution in [1.29, 1.82) is 0 Å². The number of hydrogen-bond donors (Lipinski definition) is 0. The van der Waals surface area contributed by atoms with Crippen LogP contribution in [0.3, 0.4) is 0 Å². The zero-order valence-electron chi connectivity index (χ0n) is 11.9. The van der Waals surface area contributed by atoms with Gasteiger partial charge in [0.25, 0.3) is 0 Å². The molecule has 0 bridgehead atoms. The van der Waals surface area contributed by atoms with Crippen molar-refractivity contribution in [3.63, 3.8) is 0 Å². The molecule has 0 unspecified atom stereocenters. The molecule has 0 saturated carbocycles. The van der Waals surface area contributed by atoms with E-state index in [0.717, 1.165) is 32.7 Å². The van der Waals surface area contributed by atoms with Crippen LogP contribution in [0.4, 0.5) is 3.89 Å². The Morgan fingerprint density at radius 2 is 1.67 bits per heavy atom. The van der Waals surface area contributed by atoms with Crippen LogP contribution in [0.25, 0.3) is 0 Å². The molecule has 1 aromatic carbocycles. The molecule has 0 spiro atoms. The molecule has 21 heavy (non-hydrogen) atoms. The highest BCUT2D eigenvalue weighted by Gasteiger charge is 2.13. The Balaban J connectivity index is 1.73. The number of rotatable bonds is 6.